The van der Waals surface area contributed by atoms with Gasteiger partial charge in [0.15, 0.2) is 5.82 Å². The van der Waals surface area contributed by atoms with E-state index in [9.17, 15) is 5.26 Å². The minimum absolute atomic E-state index is 0.531. The molecule has 0 fully saturated rings. The lowest BCUT2D eigenvalue weighted by molar-refractivity contribution is 1.12. The number of hydrogen-bond acceptors (Lipinski definition) is 3. The summed E-state index contributed by atoms with van der Waals surface area (Å²) < 4.78 is 9.46. The Morgan fingerprint density at radius 3 is 1.34 bits per heavy atom. The fraction of sp³-hybridized carbons (Fsp3) is 0. The summed E-state index contributed by atoms with van der Waals surface area (Å²) in [7, 11) is 0. The molecule has 0 aliphatic carbocycles. The van der Waals surface area contributed by atoms with Crippen molar-refractivity contribution in [2.45, 2.75) is 0 Å². The van der Waals surface area contributed by atoms with Crippen LogP contribution in [0.25, 0.3) is 144 Å². The van der Waals surface area contributed by atoms with Crippen molar-refractivity contribution in [3.63, 3.8) is 0 Å². The summed E-state index contributed by atoms with van der Waals surface area (Å²) in [5.41, 5.74) is 16.0. The van der Waals surface area contributed by atoms with Crippen molar-refractivity contribution < 1.29 is 0 Å². The first-order valence-electron chi connectivity index (χ1n) is 25.6. The van der Waals surface area contributed by atoms with Crippen LogP contribution in [0.3, 0.4) is 0 Å². The fourth-order valence-electron chi connectivity index (χ4n) is 12.5. The predicted octanol–water partition coefficient (Wildman–Crippen LogP) is 17.2. The van der Waals surface area contributed by atoms with E-state index in [-0.39, 0.29) is 0 Å². The smallest absolute Gasteiger partial charge is 0.160 e. The Balaban J connectivity index is 1.10. The zero-order valence-corrected chi connectivity index (χ0v) is 40.8. The van der Waals surface area contributed by atoms with E-state index in [1.807, 2.05) is 24.3 Å². The molecule has 0 amide bonds. The molecule has 0 saturated heterocycles. The molecular formula is C69H41N7. The quantitative estimate of drug-likeness (QED) is 0.167. The highest BCUT2D eigenvalue weighted by atomic mass is 15.0. The molecule has 0 saturated carbocycles. The molecule has 0 N–H and O–H groups in total. The summed E-state index contributed by atoms with van der Waals surface area (Å²) in [6.07, 6.45) is 0. The van der Waals surface area contributed by atoms with Crippen molar-refractivity contribution in [2.24, 2.45) is 0 Å². The number of nitrogens with zero attached hydrogens (tertiary/aromatic N) is 7. The number of aromatic nitrogens is 6. The van der Waals surface area contributed by atoms with Gasteiger partial charge in [0.1, 0.15) is 11.6 Å². The third kappa shape index (κ3) is 5.92. The summed E-state index contributed by atoms with van der Waals surface area (Å²) in [6, 6.07) is 90.7. The van der Waals surface area contributed by atoms with Crippen LogP contribution in [-0.2, 0) is 0 Å². The molecule has 0 radical (unpaired) electrons. The molecule has 352 valence electrons. The van der Waals surface area contributed by atoms with Crippen LogP contribution in [0.2, 0.25) is 0 Å². The van der Waals surface area contributed by atoms with Crippen molar-refractivity contribution in [2.75, 3.05) is 0 Å². The average Bonchev–Trinajstić information content (AvgIpc) is 4.29. The van der Waals surface area contributed by atoms with Crippen LogP contribution in [0.5, 0.6) is 0 Å². The van der Waals surface area contributed by atoms with E-state index < -0.39 is 0 Å². The van der Waals surface area contributed by atoms with Crippen LogP contribution >= 0.6 is 0 Å². The molecule has 0 atom stereocenters. The predicted molar refractivity (Wildman–Crippen MR) is 312 cm³/mol. The monoisotopic (exact) mass is 967 g/mol. The fourth-order valence-corrected chi connectivity index (χ4v) is 12.5. The van der Waals surface area contributed by atoms with E-state index >= 15 is 0 Å². The maximum absolute atomic E-state index is 12.2. The first kappa shape index (κ1) is 42.0. The SMILES string of the molecule is N#Cc1c(-n2c3ccccc3c3c2ccc2c4ccccc4n(-c4ccccc4)c23)cc(-c2nc(-c3ccccc3)nc3ccccc23)cc1-n1c2ccccc2c2ccc3c(c4ccccc4n3-c3ccccc3)c21. The summed E-state index contributed by atoms with van der Waals surface area (Å²) in [4.78, 5) is 10.7. The van der Waals surface area contributed by atoms with Gasteiger partial charge in [0, 0.05) is 71.0 Å². The molecule has 5 heterocycles. The first-order valence-corrected chi connectivity index (χ1v) is 25.6. The molecular weight excluding hydrogens is 927 g/mol. The van der Waals surface area contributed by atoms with Crippen molar-refractivity contribution in [3.05, 3.63) is 254 Å². The van der Waals surface area contributed by atoms with Crippen molar-refractivity contribution >= 4 is 98.1 Å². The Hall–Kier alpha value is -10.6. The highest BCUT2D eigenvalue weighted by Gasteiger charge is 2.28. The largest absolute Gasteiger partial charge is 0.309 e. The first-order chi connectivity index (χ1) is 37.7. The van der Waals surface area contributed by atoms with Crippen molar-refractivity contribution in [1.29, 1.82) is 5.26 Å². The molecule has 0 aliphatic heterocycles. The number of hydrogen-bond donors (Lipinski definition) is 0. The molecule has 5 aromatic heterocycles. The summed E-state index contributed by atoms with van der Waals surface area (Å²) in [5, 5.41) is 22.1. The van der Waals surface area contributed by atoms with Crippen molar-refractivity contribution in [3.8, 4) is 51.5 Å². The summed E-state index contributed by atoms with van der Waals surface area (Å²) in [6.45, 7) is 0. The third-order valence-corrected chi connectivity index (χ3v) is 15.6. The second kappa shape index (κ2) is 16.2. The van der Waals surface area contributed by atoms with Crippen LogP contribution in [0, 0.1) is 11.3 Å². The number of para-hydroxylation sites is 7. The van der Waals surface area contributed by atoms with Crippen LogP contribution in [-0.4, -0.2) is 28.2 Å². The van der Waals surface area contributed by atoms with Gasteiger partial charge in [0.25, 0.3) is 0 Å². The molecule has 16 rings (SSSR count). The van der Waals surface area contributed by atoms with Crippen molar-refractivity contribution in [1.82, 2.24) is 28.2 Å². The number of rotatable bonds is 6. The molecule has 7 nitrogen and oxygen atoms in total. The van der Waals surface area contributed by atoms with Crippen LogP contribution in [0.1, 0.15) is 5.56 Å². The van der Waals surface area contributed by atoms with Gasteiger partial charge in [0.2, 0.25) is 0 Å². The van der Waals surface area contributed by atoms with Gasteiger partial charge >= 0.3 is 0 Å². The van der Waals surface area contributed by atoms with E-state index in [4.69, 9.17) is 9.97 Å². The summed E-state index contributed by atoms with van der Waals surface area (Å²) in [5.74, 6) is 0.627. The van der Waals surface area contributed by atoms with E-state index in [1.165, 1.54) is 5.39 Å². The molecule has 16 aromatic rings. The summed E-state index contributed by atoms with van der Waals surface area (Å²) >= 11 is 0. The topological polar surface area (TPSA) is 69.3 Å². The van der Waals surface area contributed by atoms with Gasteiger partial charge in [-0.3, -0.25) is 0 Å². The molecule has 0 bridgehead atoms. The molecule has 0 aliphatic rings. The van der Waals surface area contributed by atoms with E-state index in [0.29, 0.717) is 11.4 Å². The van der Waals surface area contributed by atoms with Crippen LogP contribution < -0.4 is 0 Å². The van der Waals surface area contributed by atoms with E-state index in [0.717, 1.165) is 132 Å². The Labute approximate surface area is 435 Å². The van der Waals surface area contributed by atoms with Gasteiger partial charge in [-0.2, -0.15) is 5.26 Å². The second-order valence-electron chi connectivity index (χ2n) is 19.6. The molecule has 76 heavy (non-hydrogen) atoms. The zero-order chi connectivity index (χ0) is 50.0. The number of nitriles is 1. The lowest BCUT2D eigenvalue weighted by Crippen LogP contribution is -2.06. The van der Waals surface area contributed by atoms with Gasteiger partial charge in [-0.1, -0.05) is 170 Å². The Kier molecular flexibility index (Phi) is 8.97. The molecule has 0 unspecified atom stereocenters. The Bertz CT molecular complexity index is 5110. The average molecular weight is 968 g/mol. The highest BCUT2D eigenvalue weighted by molar-refractivity contribution is 6.28. The minimum Gasteiger partial charge on any atom is -0.309 e. The minimum atomic E-state index is 0.531. The van der Waals surface area contributed by atoms with E-state index in [1.54, 1.807) is 0 Å². The maximum atomic E-state index is 12.2. The van der Waals surface area contributed by atoms with Gasteiger partial charge in [-0.05, 0) is 78.9 Å². The van der Waals surface area contributed by atoms with Crippen LogP contribution in [0.4, 0.5) is 0 Å². The number of fused-ring (bicyclic) bond motifs is 15. The lowest BCUT2D eigenvalue weighted by Gasteiger charge is -2.19. The van der Waals surface area contributed by atoms with Gasteiger partial charge in [-0.25, -0.2) is 9.97 Å². The Morgan fingerprint density at radius 2 is 0.750 bits per heavy atom. The van der Waals surface area contributed by atoms with Crippen LogP contribution in [0.15, 0.2) is 249 Å². The standard InChI is InChI=1S/C69H41N7/c70-42-54-62(75-59-35-19-14-30-53(59)65-61(75)39-37-49-47-26-11-16-32-56(47)74(67(49)65)46-24-8-3-9-25-46)40-44(66-51-28-10-15-31-55(51)71-69(72-66)43-20-4-1-5-21-43)41-63(54)76-57-33-17-12-27-48(57)50-36-38-60-64(68(50)76)52-29-13-18-34-58(52)73(60)45-22-6-2-7-23-45/h1-41H. The molecule has 7 heteroatoms. The van der Waals surface area contributed by atoms with Gasteiger partial charge in [0.05, 0.1) is 66.7 Å². The number of benzene rings is 11. The molecule has 0 spiro atoms. The third-order valence-electron chi connectivity index (χ3n) is 15.6. The lowest BCUT2D eigenvalue weighted by atomic mass is 10.00. The van der Waals surface area contributed by atoms with Gasteiger partial charge in [-0.15, -0.1) is 0 Å². The van der Waals surface area contributed by atoms with Gasteiger partial charge < -0.3 is 18.3 Å². The second-order valence-corrected chi connectivity index (χ2v) is 19.6. The highest BCUT2D eigenvalue weighted by Crippen LogP contribution is 2.47. The normalized spacial score (nSPS) is 11.9. The van der Waals surface area contributed by atoms with E-state index in [2.05, 4.69) is 249 Å². The Morgan fingerprint density at radius 1 is 0.316 bits per heavy atom. The zero-order valence-electron chi connectivity index (χ0n) is 40.8. The molecule has 11 aromatic carbocycles. The maximum Gasteiger partial charge on any atom is 0.160 e.